The highest BCUT2D eigenvalue weighted by atomic mass is 16.6. The molecular formula is C19H19N3O3. The highest BCUT2D eigenvalue weighted by Gasteiger charge is 2.20. The molecule has 0 saturated heterocycles. The van der Waals surface area contributed by atoms with Gasteiger partial charge in [-0.25, -0.2) is 0 Å². The Morgan fingerprint density at radius 3 is 2.68 bits per heavy atom. The van der Waals surface area contributed by atoms with E-state index in [1.165, 1.54) is 0 Å². The fourth-order valence-corrected chi connectivity index (χ4v) is 2.61. The van der Waals surface area contributed by atoms with E-state index in [-0.39, 0.29) is 6.04 Å². The van der Waals surface area contributed by atoms with E-state index in [1.54, 1.807) is 48.8 Å². The van der Waals surface area contributed by atoms with Crippen molar-refractivity contribution in [2.24, 2.45) is 0 Å². The summed E-state index contributed by atoms with van der Waals surface area (Å²) in [6.45, 7) is 4.04. The third-order valence-electron chi connectivity index (χ3n) is 3.79. The first-order valence-electron chi connectivity index (χ1n) is 7.99. The number of nitrogens with zero attached hydrogens (tertiary/aromatic N) is 3. The smallest absolute Gasteiger partial charge is 0.226 e. The minimum Gasteiger partial charge on any atom is -0.460 e. The number of hydrogen-bond acceptors (Lipinski definition) is 5. The summed E-state index contributed by atoms with van der Waals surface area (Å²) in [7, 11) is 0. The zero-order chi connectivity index (χ0) is 17.8. The Kier molecular flexibility index (Phi) is 4.90. The van der Waals surface area contributed by atoms with Gasteiger partial charge in [0.2, 0.25) is 6.29 Å². The SMILES string of the molecule is CC(C)n1nccc1-c1ncccc1C(O)Oc1ccccc1C=O. The third-order valence-corrected chi connectivity index (χ3v) is 3.79. The second-order valence-electron chi connectivity index (χ2n) is 5.82. The van der Waals surface area contributed by atoms with Crippen molar-refractivity contribution in [3.8, 4) is 17.1 Å². The molecule has 1 atom stereocenters. The van der Waals surface area contributed by atoms with Gasteiger partial charge in [0.05, 0.1) is 17.0 Å². The Hall–Kier alpha value is -2.99. The quantitative estimate of drug-likeness (QED) is 0.551. The van der Waals surface area contributed by atoms with E-state index in [2.05, 4.69) is 10.1 Å². The molecular weight excluding hydrogens is 318 g/mol. The molecule has 1 aromatic carbocycles. The summed E-state index contributed by atoms with van der Waals surface area (Å²) in [6.07, 6.45) is 2.78. The lowest BCUT2D eigenvalue weighted by Crippen LogP contribution is -2.12. The molecule has 25 heavy (non-hydrogen) atoms. The molecule has 0 radical (unpaired) electrons. The van der Waals surface area contributed by atoms with E-state index in [0.29, 0.717) is 28.9 Å². The summed E-state index contributed by atoms with van der Waals surface area (Å²) in [4.78, 5) is 15.5. The predicted molar refractivity (Wildman–Crippen MR) is 93.3 cm³/mol. The molecule has 0 fully saturated rings. The van der Waals surface area contributed by atoms with Gasteiger partial charge >= 0.3 is 0 Å². The van der Waals surface area contributed by atoms with Gasteiger partial charge in [-0.15, -0.1) is 0 Å². The zero-order valence-corrected chi connectivity index (χ0v) is 14.0. The van der Waals surface area contributed by atoms with Crippen molar-refractivity contribution < 1.29 is 14.6 Å². The van der Waals surface area contributed by atoms with Crippen molar-refractivity contribution in [3.05, 3.63) is 66.0 Å². The number of carbonyl (C=O) groups is 1. The van der Waals surface area contributed by atoms with E-state index in [0.717, 1.165) is 5.69 Å². The maximum Gasteiger partial charge on any atom is 0.226 e. The Balaban J connectivity index is 1.98. The summed E-state index contributed by atoms with van der Waals surface area (Å²) in [6, 6.07) is 12.2. The van der Waals surface area contributed by atoms with Crippen LogP contribution in [0.5, 0.6) is 5.75 Å². The second-order valence-corrected chi connectivity index (χ2v) is 5.82. The van der Waals surface area contributed by atoms with Gasteiger partial charge < -0.3 is 9.84 Å². The van der Waals surface area contributed by atoms with Crippen molar-refractivity contribution in [1.29, 1.82) is 0 Å². The average Bonchev–Trinajstić information content (AvgIpc) is 3.12. The average molecular weight is 337 g/mol. The Morgan fingerprint density at radius 1 is 1.12 bits per heavy atom. The Morgan fingerprint density at radius 2 is 1.92 bits per heavy atom. The van der Waals surface area contributed by atoms with Gasteiger partial charge in [0.1, 0.15) is 5.75 Å². The normalized spacial score (nSPS) is 12.2. The molecule has 3 aromatic rings. The first-order chi connectivity index (χ1) is 12.1. The van der Waals surface area contributed by atoms with Crippen LogP contribution in [0.1, 0.15) is 42.1 Å². The number of aromatic nitrogens is 3. The number of aldehydes is 1. The van der Waals surface area contributed by atoms with E-state index in [4.69, 9.17) is 4.74 Å². The monoisotopic (exact) mass is 337 g/mol. The first kappa shape index (κ1) is 16.9. The molecule has 1 N–H and O–H groups in total. The lowest BCUT2D eigenvalue weighted by atomic mass is 10.1. The molecule has 0 bridgehead atoms. The highest BCUT2D eigenvalue weighted by molar-refractivity contribution is 5.79. The van der Waals surface area contributed by atoms with E-state index < -0.39 is 6.29 Å². The number of benzene rings is 1. The van der Waals surface area contributed by atoms with Gasteiger partial charge in [0.15, 0.2) is 6.29 Å². The molecule has 0 aliphatic carbocycles. The molecule has 0 aliphatic rings. The van der Waals surface area contributed by atoms with E-state index in [1.807, 2.05) is 24.6 Å². The molecule has 0 amide bonds. The number of rotatable bonds is 6. The van der Waals surface area contributed by atoms with Crippen LogP contribution in [0, 0.1) is 0 Å². The minimum atomic E-state index is -1.26. The summed E-state index contributed by atoms with van der Waals surface area (Å²) < 4.78 is 7.45. The van der Waals surface area contributed by atoms with Crippen LogP contribution in [0.4, 0.5) is 0 Å². The van der Waals surface area contributed by atoms with Crippen LogP contribution in [-0.4, -0.2) is 26.2 Å². The van der Waals surface area contributed by atoms with Gasteiger partial charge in [0, 0.05) is 24.0 Å². The molecule has 0 spiro atoms. The van der Waals surface area contributed by atoms with Crippen LogP contribution >= 0.6 is 0 Å². The van der Waals surface area contributed by atoms with Gasteiger partial charge in [-0.05, 0) is 44.2 Å². The van der Waals surface area contributed by atoms with Crippen LogP contribution in [0.25, 0.3) is 11.4 Å². The number of hydrogen-bond donors (Lipinski definition) is 1. The van der Waals surface area contributed by atoms with E-state index in [9.17, 15) is 9.90 Å². The molecule has 1 unspecified atom stereocenters. The fraction of sp³-hybridized carbons (Fsp3) is 0.211. The summed E-state index contributed by atoms with van der Waals surface area (Å²) in [5, 5.41) is 14.9. The Labute approximate surface area is 145 Å². The lowest BCUT2D eigenvalue weighted by molar-refractivity contribution is -0.0195. The highest BCUT2D eigenvalue weighted by Crippen LogP contribution is 2.30. The number of aliphatic hydroxyl groups is 1. The number of ether oxygens (including phenoxy) is 1. The van der Waals surface area contributed by atoms with Gasteiger partial charge in [-0.1, -0.05) is 12.1 Å². The van der Waals surface area contributed by atoms with E-state index >= 15 is 0 Å². The first-order valence-corrected chi connectivity index (χ1v) is 7.99. The van der Waals surface area contributed by atoms with Crippen LogP contribution < -0.4 is 4.74 Å². The lowest BCUT2D eigenvalue weighted by Gasteiger charge is -2.18. The zero-order valence-electron chi connectivity index (χ0n) is 14.0. The standard InChI is InChI=1S/C19H19N3O3/c1-13(2)22-16(9-11-21-22)18-15(7-5-10-20-18)19(24)25-17-8-4-3-6-14(17)12-23/h3-13,19,24H,1-2H3. The van der Waals surface area contributed by atoms with Crippen LogP contribution in [0.2, 0.25) is 0 Å². The number of carbonyl (C=O) groups excluding carboxylic acids is 1. The largest absolute Gasteiger partial charge is 0.460 e. The van der Waals surface area contributed by atoms with Crippen LogP contribution in [0.15, 0.2) is 54.9 Å². The predicted octanol–water partition coefficient (Wildman–Crippen LogP) is 3.41. The number of aliphatic hydroxyl groups excluding tert-OH is 1. The van der Waals surface area contributed by atoms with Crippen molar-refractivity contribution in [2.45, 2.75) is 26.2 Å². The molecule has 6 heteroatoms. The van der Waals surface area contributed by atoms with Crippen molar-refractivity contribution in [1.82, 2.24) is 14.8 Å². The van der Waals surface area contributed by atoms with Gasteiger partial charge in [-0.3, -0.25) is 14.5 Å². The van der Waals surface area contributed by atoms with Crippen molar-refractivity contribution >= 4 is 6.29 Å². The van der Waals surface area contributed by atoms with Crippen molar-refractivity contribution in [3.63, 3.8) is 0 Å². The van der Waals surface area contributed by atoms with Crippen LogP contribution in [-0.2, 0) is 0 Å². The minimum absolute atomic E-state index is 0.147. The number of pyridine rings is 1. The van der Waals surface area contributed by atoms with Gasteiger partial charge in [0.25, 0.3) is 0 Å². The van der Waals surface area contributed by atoms with Crippen LogP contribution in [0.3, 0.4) is 0 Å². The Bertz CT molecular complexity index is 874. The molecule has 0 saturated carbocycles. The third kappa shape index (κ3) is 3.44. The summed E-state index contributed by atoms with van der Waals surface area (Å²) in [5.41, 5.74) is 2.26. The summed E-state index contributed by atoms with van der Waals surface area (Å²) >= 11 is 0. The topological polar surface area (TPSA) is 77.2 Å². The molecule has 2 aromatic heterocycles. The fourth-order valence-electron chi connectivity index (χ4n) is 2.61. The molecule has 6 nitrogen and oxygen atoms in total. The molecule has 2 heterocycles. The maximum absolute atomic E-state index is 11.1. The molecule has 3 rings (SSSR count). The number of para-hydroxylation sites is 1. The molecule has 0 aliphatic heterocycles. The summed E-state index contributed by atoms with van der Waals surface area (Å²) in [5.74, 6) is 0.317. The van der Waals surface area contributed by atoms with Crippen molar-refractivity contribution in [2.75, 3.05) is 0 Å². The maximum atomic E-state index is 11.1. The second kappa shape index (κ2) is 7.27. The molecule has 128 valence electrons. The van der Waals surface area contributed by atoms with Gasteiger partial charge in [-0.2, -0.15) is 5.10 Å².